The number of alkyl halides is 1. The Morgan fingerprint density at radius 2 is 2.31 bits per heavy atom. The average Bonchev–Trinajstić information content (AvgIpc) is 2.19. The maximum Gasteiger partial charge on any atom is 0.120 e. The van der Waals surface area contributed by atoms with E-state index in [1.807, 2.05) is 0 Å². The molecule has 1 heterocycles. The van der Waals surface area contributed by atoms with Gasteiger partial charge in [0.15, 0.2) is 0 Å². The predicted molar refractivity (Wildman–Crippen MR) is 68.2 cm³/mol. The molecule has 1 fully saturated rings. The Morgan fingerprint density at radius 3 is 2.94 bits per heavy atom. The van der Waals surface area contributed by atoms with Crippen LogP contribution in [0.25, 0.3) is 0 Å². The van der Waals surface area contributed by atoms with Crippen LogP contribution < -0.4 is 5.32 Å². The minimum Gasteiger partial charge on any atom is -0.375 e. The van der Waals surface area contributed by atoms with Crippen molar-refractivity contribution >= 4 is 15.9 Å². The van der Waals surface area contributed by atoms with Gasteiger partial charge in [-0.15, -0.1) is 0 Å². The van der Waals surface area contributed by atoms with Crippen LogP contribution in [0.5, 0.6) is 0 Å². The summed E-state index contributed by atoms with van der Waals surface area (Å²) in [6, 6.07) is 0.258. The zero-order valence-electron chi connectivity index (χ0n) is 9.93. The quantitative estimate of drug-likeness (QED) is 0.797. The third kappa shape index (κ3) is 1.93. The molecule has 4 heteroatoms. The summed E-state index contributed by atoms with van der Waals surface area (Å²) in [5.74, 6) is 0.206. The Bertz CT molecular complexity index is 349. The summed E-state index contributed by atoms with van der Waals surface area (Å²) < 4.78 is 14.5. The first-order chi connectivity index (χ1) is 7.52. The highest BCUT2D eigenvalue weighted by atomic mass is 79.9. The van der Waals surface area contributed by atoms with Crippen LogP contribution >= 0.6 is 15.9 Å². The minimum atomic E-state index is -0.892. The highest BCUT2D eigenvalue weighted by molar-refractivity contribution is 9.11. The van der Waals surface area contributed by atoms with Crippen LogP contribution in [0.15, 0.2) is 21.8 Å². The van der Waals surface area contributed by atoms with Gasteiger partial charge in [0.1, 0.15) is 6.17 Å². The second-order valence-corrected chi connectivity index (χ2v) is 5.48. The van der Waals surface area contributed by atoms with Crippen LogP contribution in [-0.2, 0) is 0 Å². The van der Waals surface area contributed by atoms with E-state index in [9.17, 15) is 4.39 Å². The molecule has 0 aromatic rings. The Balaban J connectivity index is 2.39. The molecule has 0 amide bonds. The van der Waals surface area contributed by atoms with E-state index in [1.54, 1.807) is 6.92 Å². The third-order valence-corrected chi connectivity index (χ3v) is 4.23. The molecule has 0 aromatic heterocycles. The molecule has 3 unspecified atom stereocenters. The summed E-state index contributed by atoms with van der Waals surface area (Å²) in [4.78, 5) is 2.25. The van der Waals surface area contributed by atoms with Crippen LogP contribution in [0.3, 0.4) is 0 Å². The average molecular weight is 289 g/mol. The van der Waals surface area contributed by atoms with Gasteiger partial charge in [0.05, 0.1) is 6.04 Å². The van der Waals surface area contributed by atoms with Gasteiger partial charge >= 0.3 is 0 Å². The number of piperazine rings is 1. The minimum absolute atomic E-state index is 0.206. The van der Waals surface area contributed by atoms with Gasteiger partial charge in [-0.25, -0.2) is 4.39 Å². The highest BCUT2D eigenvalue weighted by Gasteiger charge is 2.35. The number of halogens is 2. The van der Waals surface area contributed by atoms with Gasteiger partial charge in [-0.2, -0.15) is 0 Å². The molecule has 2 rings (SSSR count). The molecule has 3 atom stereocenters. The molecular formula is C12H18BrFN2. The van der Waals surface area contributed by atoms with Crippen molar-refractivity contribution in [2.75, 3.05) is 20.1 Å². The lowest BCUT2D eigenvalue weighted by Gasteiger charge is -2.42. The molecule has 1 N–H and O–H groups in total. The second-order valence-electron chi connectivity index (χ2n) is 4.63. The lowest BCUT2D eigenvalue weighted by atomic mass is 9.83. The first-order valence-corrected chi connectivity index (χ1v) is 6.51. The number of rotatable bonds is 1. The summed E-state index contributed by atoms with van der Waals surface area (Å²) in [5, 5.41) is 3.48. The van der Waals surface area contributed by atoms with Crippen molar-refractivity contribution in [2.24, 2.45) is 5.92 Å². The number of allylic oxidation sites excluding steroid dienone is 2. The van der Waals surface area contributed by atoms with Gasteiger partial charge in [-0.3, -0.25) is 0 Å². The summed E-state index contributed by atoms with van der Waals surface area (Å²) in [5.41, 5.74) is 2.13. The van der Waals surface area contributed by atoms with Gasteiger partial charge in [-0.05, 0) is 18.6 Å². The van der Waals surface area contributed by atoms with Crippen molar-refractivity contribution < 1.29 is 4.39 Å². The maximum atomic E-state index is 13.6. The van der Waals surface area contributed by atoms with Crippen molar-refractivity contribution in [1.82, 2.24) is 10.2 Å². The monoisotopic (exact) mass is 288 g/mol. The van der Waals surface area contributed by atoms with Crippen LogP contribution in [0, 0.1) is 5.92 Å². The molecule has 0 radical (unpaired) electrons. The number of nitrogens with one attached hydrogen (secondary N) is 1. The molecule has 0 saturated carbocycles. The van der Waals surface area contributed by atoms with E-state index in [4.69, 9.17) is 0 Å². The maximum absolute atomic E-state index is 13.6. The Kier molecular flexibility index (Phi) is 3.40. The van der Waals surface area contributed by atoms with Crippen LogP contribution in [-0.4, -0.2) is 37.3 Å². The van der Waals surface area contributed by atoms with Crippen molar-refractivity contribution in [3.05, 3.63) is 21.8 Å². The van der Waals surface area contributed by atoms with E-state index >= 15 is 0 Å². The van der Waals surface area contributed by atoms with Gasteiger partial charge in [0, 0.05) is 36.2 Å². The van der Waals surface area contributed by atoms with E-state index in [0.717, 1.165) is 23.1 Å². The molecule has 1 aliphatic heterocycles. The van der Waals surface area contributed by atoms with Crippen molar-refractivity contribution in [2.45, 2.75) is 26.1 Å². The van der Waals surface area contributed by atoms with E-state index < -0.39 is 6.17 Å². The summed E-state index contributed by atoms with van der Waals surface area (Å²) >= 11 is 3.49. The van der Waals surface area contributed by atoms with E-state index in [0.29, 0.717) is 0 Å². The lowest BCUT2D eigenvalue weighted by Crippen LogP contribution is -2.52. The molecule has 16 heavy (non-hydrogen) atoms. The first-order valence-electron chi connectivity index (χ1n) is 5.72. The number of hydrogen-bond donors (Lipinski definition) is 1. The van der Waals surface area contributed by atoms with Gasteiger partial charge in [-0.1, -0.05) is 22.9 Å². The molecule has 90 valence electrons. The smallest absolute Gasteiger partial charge is 0.120 e. The molecular weight excluding hydrogens is 271 g/mol. The second kappa shape index (κ2) is 4.49. The fourth-order valence-electron chi connectivity index (χ4n) is 2.65. The topological polar surface area (TPSA) is 15.3 Å². The fourth-order valence-corrected chi connectivity index (χ4v) is 3.57. The van der Waals surface area contributed by atoms with Gasteiger partial charge in [0.25, 0.3) is 0 Å². The molecule has 2 aliphatic rings. The zero-order valence-corrected chi connectivity index (χ0v) is 11.5. The lowest BCUT2D eigenvalue weighted by molar-refractivity contribution is 0.258. The summed E-state index contributed by atoms with van der Waals surface area (Å²) in [7, 11) is 2.09. The fraction of sp³-hybridized carbons (Fsp3) is 0.667. The molecule has 2 nitrogen and oxygen atoms in total. The Morgan fingerprint density at radius 1 is 1.62 bits per heavy atom. The number of likely N-dealkylation sites (N-methyl/N-ethyl adjacent to an activating group) is 1. The van der Waals surface area contributed by atoms with Gasteiger partial charge < -0.3 is 10.2 Å². The van der Waals surface area contributed by atoms with E-state index in [2.05, 4.69) is 46.2 Å². The van der Waals surface area contributed by atoms with Crippen molar-refractivity contribution in [3.63, 3.8) is 0 Å². The van der Waals surface area contributed by atoms with Crippen molar-refractivity contribution in [3.8, 4) is 0 Å². The van der Waals surface area contributed by atoms with Crippen molar-refractivity contribution in [1.29, 1.82) is 0 Å². The van der Waals surface area contributed by atoms with E-state index in [-0.39, 0.29) is 12.0 Å². The number of nitrogens with zero attached hydrogens (tertiary/aromatic N) is 1. The SMILES string of the molecule is CC(F)C1=C(Br)C=C2C(NCCN2C)C1C. The standard InChI is InChI=1S/C12H18BrFN2/c1-7-11(8(2)14)9(13)6-10-12(7)15-4-5-16(10)3/h6-8,12,15H,4-5H2,1-3H3. The molecule has 1 saturated heterocycles. The molecule has 0 aromatic carbocycles. The predicted octanol–water partition coefficient (Wildman–Crippen LogP) is 2.43. The first kappa shape index (κ1) is 12.1. The third-order valence-electron chi connectivity index (χ3n) is 3.54. The normalized spacial score (nSPS) is 32.3. The summed E-state index contributed by atoms with van der Waals surface area (Å²) in [6.07, 6.45) is 1.17. The van der Waals surface area contributed by atoms with Gasteiger partial charge in [0.2, 0.25) is 0 Å². The Hall–Kier alpha value is -0.350. The number of hydrogen-bond acceptors (Lipinski definition) is 2. The zero-order chi connectivity index (χ0) is 11.9. The highest BCUT2D eigenvalue weighted by Crippen LogP contribution is 2.37. The van der Waals surface area contributed by atoms with Crippen LogP contribution in [0.4, 0.5) is 4.39 Å². The Labute approximate surface area is 105 Å². The van der Waals surface area contributed by atoms with E-state index in [1.165, 1.54) is 5.70 Å². The number of fused-ring (bicyclic) bond motifs is 1. The molecule has 1 aliphatic carbocycles. The van der Waals surface area contributed by atoms with Crippen LogP contribution in [0.1, 0.15) is 13.8 Å². The molecule has 0 spiro atoms. The summed E-state index contributed by atoms with van der Waals surface area (Å²) in [6.45, 7) is 5.68. The largest absolute Gasteiger partial charge is 0.375 e. The molecule has 0 bridgehead atoms. The van der Waals surface area contributed by atoms with Crippen LogP contribution in [0.2, 0.25) is 0 Å².